The largest absolute Gasteiger partial charge is 0.0843 e. The summed E-state index contributed by atoms with van der Waals surface area (Å²) in [5.74, 6) is 0. The number of allylic oxidation sites excluding steroid dienone is 4. The first-order valence-electron chi connectivity index (χ1n) is 6.29. The second kappa shape index (κ2) is 7.84. The van der Waals surface area contributed by atoms with Gasteiger partial charge in [0.25, 0.3) is 0 Å². The Bertz CT molecular complexity index is 186. The molecule has 0 amide bonds. The van der Waals surface area contributed by atoms with Crippen LogP contribution in [-0.2, 0) is 0 Å². The number of unbranched alkanes of at least 4 members (excludes halogenated alkanes) is 1. The Kier molecular flexibility index (Phi) is 6.47. The van der Waals surface area contributed by atoms with E-state index in [0.29, 0.717) is 0 Å². The zero-order chi connectivity index (χ0) is 10.1. The lowest BCUT2D eigenvalue weighted by atomic mass is 10.0. The molecule has 0 unspecified atom stereocenters. The molecule has 0 bridgehead atoms. The molecule has 0 aromatic rings. The summed E-state index contributed by atoms with van der Waals surface area (Å²) in [6.45, 7) is 2.27. The highest BCUT2D eigenvalue weighted by Crippen LogP contribution is 2.15. The van der Waals surface area contributed by atoms with Gasteiger partial charge in [-0.3, -0.25) is 0 Å². The van der Waals surface area contributed by atoms with Crippen molar-refractivity contribution in [2.75, 3.05) is 0 Å². The molecule has 0 nitrogen and oxygen atoms in total. The van der Waals surface area contributed by atoms with Crippen molar-refractivity contribution in [1.82, 2.24) is 0 Å². The van der Waals surface area contributed by atoms with E-state index in [1.807, 2.05) is 0 Å². The zero-order valence-electron chi connectivity index (χ0n) is 9.60. The SMILES string of the molecule is CCCCC1=C/CCCCCC/C=C\1. The van der Waals surface area contributed by atoms with Crippen molar-refractivity contribution in [3.8, 4) is 0 Å². The van der Waals surface area contributed by atoms with Gasteiger partial charge in [0.1, 0.15) is 0 Å². The monoisotopic (exact) mass is 192 g/mol. The van der Waals surface area contributed by atoms with Gasteiger partial charge in [0, 0.05) is 0 Å². The first-order valence-corrected chi connectivity index (χ1v) is 6.29. The fourth-order valence-electron chi connectivity index (χ4n) is 1.92. The molecule has 14 heavy (non-hydrogen) atoms. The van der Waals surface area contributed by atoms with Crippen molar-refractivity contribution in [3.05, 3.63) is 23.8 Å². The summed E-state index contributed by atoms with van der Waals surface area (Å²) in [6.07, 6.45) is 19.3. The molecule has 80 valence electrons. The summed E-state index contributed by atoms with van der Waals surface area (Å²) in [7, 11) is 0. The van der Waals surface area contributed by atoms with Gasteiger partial charge >= 0.3 is 0 Å². The smallest absolute Gasteiger partial charge is 0.0282 e. The standard InChI is InChI=1S/C14H24/c1-2-3-11-14-12-9-7-5-4-6-8-10-13-14/h9,12-13H,2-8,10-11H2,1H3/b12-9-,14-13-. The lowest BCUT2D eigenvalue weighted by Crippen LogP contribution is -1.84. The normalized spacial score (nSPS) is 25.1. The Hall–Kier alpha value is -0.520. The molecule has 0 aromatic carbocycles. The molecule has 0 radical (unpaired) electrons. The lowest BCUT2D eigenvalue weighted by Gasteiger charge is -2.04. The molecule has 1 rings (SSSR count). The van der Waals surface area contributed by atoms with E-state index in [4.69, 9.17) is 0 Å². The summed E-state index contributed by atoms with van der Waals surface area (Å²) >= 11 is 0. The molecule has 0 saturated carbocycles. The van der Waals surface area contributed by atoms with Gasteiger partial charge in [-0.25, -0.2) is 0 Å². The molecule has 0 heteroatoms. The average molecular weight is 192 g/mol. The van der Waals surface area contributed by atoms with E-state index in [1.165, 1.54) is 57.8 Å². The fraction of sp³-hybridized carbons (Fsp3) is 0.714. The summed E-state index contributed by atoms with van der Waals surface area (Å²) in [6, 6.07) is 0. The van der Waals surface area contributed by atoms with Crippen LogP contribution in [0.5, 0.6) is 0 Å². The van der Waals surface area contributed by atoms with Gasteiger partial charge in [-0.15, -0.1) is 0 Å². The van der Waals surface area contributed by atoms with Crippen molar-refractivity contribution >= 4 is 0 Å². The van der Waals surface area contributed by atoms with Gasteiger partial charge in [0.05, 0.1) is 0 Å². The summed E-state index contributed by atoms with van der Waals surface area (Å²) in [4.78, 5) is 0. The van der Waals surface area contributed by atoms with Gasteiger partial charge in [-0.2, -0.15) is 0 Å². The van der Waals surface area contributed by atoms with Crippen molar-refractivity contribution in [2.24, 2.45) is 0 Å². The molecule has 0 N–H and O–H groups in total. The second-order valence-electron chi connectivity index (χ2n) is 4.28. The van der Waals surface area contributed by atoms with Crippen molar-refractivity contribution in [3.63, 3.8) is 0 Å². The molecule has 1 aliphatic rings. The van der Waals surface area contributed by atoms with Crippen LogP contribution in [-0.4, -0.2) is 0 Å². The lowest BCUT2D eigenvalue weighted by molar-refractivity contribution is 0.647. The van der Waals surface area contributed by atoms with E-state index < -0.39 is 0 Å². The maximum absolute atomic E-state index is 2.46. The van der Waals surface area contributed by atoms with E-state index in [-0.39, 0.29) is 0 Å². The Balaban J connectivity index is 2.40. The summed E-state index contributed by atoms with van der Waals surface area (Å²) < 4.78 is 0. The van der Waals surface area contributed by atoms with Gasteiger partial charge in [-0.05, 0) is 38.5 Å². The minimum Gasteiger partial charge on any atom is -0.0843 e. The molecule has 0 aliphatic heterocycles. The Morgan fingerprint density at radius 2 is 1.86 bits per heavy atom. The van der Waals surface area contributed by atoms with E-state index >= 15 is 0 Å². The van der Waals surface area contributed by atoms with Crippen LogP contribution in [0.25, 0.3) is 0 Å². The summed E-state index contributed by atoms with van der Waals surface area (Å²) in [5, 5.41) is 0. The molecule has 0 fully saturated rings. The van der Waals surface area contributed by atoms with Crippen LogP contribution in [0.1, 0.15) is 64.7 Å². The predicted molar refractivity (Wildman–Crippen MR) is 64.5 cm³/mol. The maximum atomic E-state index is 2.46. The third kappa shape index (κ3) is 5.26. The molecule has 0 heterocycles. The maximum Gasteiger partial charge on any atom is -0.0282 e. The fourth-order valence-corrected chi connectivity index (χ4v) is 1.92. The number of rotatable bonds is 3. The highest BCUT2D eigenvalue weighted by atomic mass is 14.0. The van der Waals surface area contributed by atoms with Gasteiger partial charge in [-0.1, -0.05) is 50.0 Å². The minimum atomic E-state index is 1.28. The van der Waals surface area contributed by atoms with Crippen LogP contribution in [0.15, 0.2) is 23.8 Å². The van der Waals surface area contributed by atoms with Crippen LogP contribution >= 0.6 is 0 Å². The highest BCUT2D eigenvalue weighted by Gasteiger charge is 1.95. The molecule has 1 aliphatic carbocycles. The van der Waals surface area contributed by atoms with Crippen molar-refractivity contribution in [1.29, 1.82) is 0 Å². The van der Waals surface area contributed by atoms with Crippen molar-refractivity contribution in [2.45, 2.75) is 64.7 Å². The minimum absolute atomic E-state index is 1.28. The second-order valence-corrected chi connectivity index (χ2v) is 4.28. The van der Waals surface area contributed by atoms with Gasteiger partial charge in [0.15, 0.2) is 0 Å². The molecule has 0 spiro atoms. The Labute approximate surface area is 89.1 Å². The molecule has 0 atom stereocenters. The zero-order valence-corrected chi connectivity index (χ0v) is 9.60. The van der Waals surface area contributed by atoms with E-state index in [0.717, 1.165) is 0 Å². The topological polar surface area (TPSA) is 0 Å². The summed E-state index contributed by atoms with van der Waals surface area (Å²) in [5.41, 5.74) is 1.58. The number of hydrogen-bond acceptors (Lipinski definition) is 0. The van der Waals surface area contributed by atoms with Crippen LogP contribution < -0.4 is 0 Å². The quantitative estimate of drug-likeness (QED) is 0.589. The first kappa shape index (κ1) is 11.6. The molecule has 0 aromatic heterocycles. The van der Waals surface area contributed by atoms with Gasteiger partial charge in [0.2, 0.25) is 0 Å². The van der Waals surface area contributed by atoms with E-state index in [9.17, 15) is 0 Å². The molecular weight excluding hydrogens is 168 g/mol. The predicted octanol–water partition coefficient (Wildman–Crippen LogP) is 5.01. The van der Waals surface area contributed by atoms with E-state index in [2.05, 4.69) is 25.2 Å². The van der Waals surface area contributed by atoms with Gasteiger partial charge < -0.3 is 0 Å². The van der Waals surface area contributed by atoms with Crippen molar-refractivity contribution < 1.29 is 0 Å². The Morgan fingerprint density at radius 1 is 1.07 bits per heavy atom. The third-order valence-corrected chi connectivity index (χ3v) is 2.88. The van der Waals surface area contributed by atoms with Crippen LogP contribution in [0.4, 0.5) is 0 Å². The number of hydrogen-bond donors (Lipinski definition) is 0. The molecule has 0 saturated heterocycles. The van der Waals surface area contributed by atoms with Crippen LogP contribution in [0, 0.1) is 0 Å². The highest BCUT2D eigenvalue weighted by molar-refractivity contribution is 5.18. The molecular formula is C14H24. The van der Waals surface area contributed by atoms with E-state index in [1.54, 1.807) is 5.57 Å². The van der Waals surface area contributed by atoms with Crippen LogP contribution in [0.3, 0.4) is 0 Å². The van der Waals surface area contributed by atoms with Crippen LogP contribution in [0.2, 0.25) is 0 Å². The Morgan fingerprint density at radius 3 is 2.64 bits per heavy atom. The average Bonchev–Trinajstić information content (AvgIpc) is 2.23. The first-order chi connectivity index (χ1) is 6.93. The third-order valence-electron chi connectivity index (χ3n) is 2.88.